The molecule has 2 fully saturated rings. The Kier molecular flexibility index (Phi) is 2.15. The van der Waals surface area contributed by atoms with E-state index >= 15 is 0 Å². The Morgan fingerprint density at radius 3 is 2.56 bits per heavy atom. The molecule has 3 rings (SSSR count). The van der Waals surface area contributed by atoms with Gasteiger partial charge in [0.25, 0.3) is 0 Å². The number of rotatable bonds is 2. The zero-order valence-electron chi connectivity index (χ0n) is 10.1. The summed E-state index contributed by atoms with van der Waals surface area (Å²) >= 11 is 0. The highest BCUT2D eigenvalue weighted by Gasteiger charge is 2.66. The van der Waals surface area contributed by atoms with Crippen molar-refractivity contribution in [1.29, 1.82) is 0 Å². The van der Waals surface area contributed by atoms with Crippen LogP contribution in [0.4, 0.5) is 0 Å². The molecule has 0 amide bonds. The molecular formula is C13H20N2O. The lowest BCUT2D eigenvalue weighted by Crippen LogP contribution is -2.15. The van der Waals surface area contributed by atoms with Crippen molar-refractivity contribution in [3.05, 3.63) is 17.5 Å². The van der Waals surface area contributed by atoms with Crippen molar-refractivity contribution in [2.75, 3.05) is 0 Å². The molecule has 0 saturated heterocycles. The highest BCUT2D eigenvalue weighted by atomic mass is 16.3. The number of aromatic nitrogens is 2. The molecule has 3 nitrogen and oxygen atoms in total. The van der Waals surface area contributed by atoms with E-state index in [9.17, 15) is 5.11 Å². The molecular weight excluding hydrogens is 200 g/mol. The van der Waals surface area contributed by atoms with Crippen LogP contribution in [-0.4, -0.2) is 14.9 Å². The first-order valence-electron chi connectivity index (χ1n) is 6.43. The number of aliphatic hydroxyl groups is 1. The average Bonchev–Trinajstić information content (AvgIpc) is 2.72. The lowest BCUT2D eigenvalue weighted by molar-refractivity contribution is 0.108. The molecule has 2 atom stereocenters. The summed E-state index contributed by atoms with van der Waals surface area (Å²) in [6, 6.07) is 2.10. The molecule has 0 spiro atoms. The van der Waals surface area contributed by atoms with Crippen LogP contribution in [-0.2, 0) is 19.1 Å². The first-order valence-corrected chi connectivity index (χ1v) is 6.43. The lowest BCUT2D eigenvalue weighted by Gasteiger charge is -2.10. The second kappa shape index (κ2) is 3.33. The van der Waals surface area contributed by atoms with Gasteiger partial charge in [-0.2, -0.15) is 5.10 Å². The average molecular weight is 220 g/mol. The Labute approximate surface area is 96.5 Å². The van der Waals surface area contributed by atoms with Crippen molar-refractivity contribution in [2.45, 2.75) is 44.6 Å². The Morgan fingerprint density at radius 1 is 1.44 bits per heavy atom. The summed E-state index contributed by atoms with van der Waals surface area (Å²) in [5.74, 6) is 1.00. The maximum atomic E-state index is 10.8. The van der Waals surface area contributed by atoms with Gasteiger partial charge >= 0.3 is 0 Å². The summed E-state index contributed by atoms with van der Waals surface area (Å²) in [5, 5.41) is 15.2. The second-order valence-electron chi connectivity index (χ2n) is 5.32. The fraction of sp³-hybridized carbons (Fsp3) is 0.769. The van der Waals surface area contributed by atoms with Gasteiger partial charge in [-0.1, -0.05) is 19.8 Å². The maximum Gasteiger partial charge on any atom is 0.112 e. The molecule has 1 heterocycles. The highest BCUT2D eigenvalue weighted by Crippen LogP contribution is 2.64. The molecule has 3 heteroatoms. The third-order valence-corrected chi connectivity index (χ3v) is 4.49. The third kappa shape index (κ3) is 1.21. The Balaban J connectivity index is 1.94. The van der Waals surface area contributed by atoms with Gasteiger partial charge in [0.15, 0.2) is 0 Å². The van der Waals surface area contributed by atoms with E-state index in [0.29, 0.717) is 11.8 Å². The quantitative estimate of drug-likeness (QED) is 0.827. The molecule has 2 aliphatic carbocycles. The summed E-state index contributed by atoms with van der Waals surface area (Å²) in [6.45, 7) is 2.11. The van der Waals surface area contributed by atoms with E-state index in [-0.39, 0.29) is 0 Å². The van der Waals surface area contributed by atoms with Crippen molar-refractivity contribution >= 4 is 0 Å². The minimum absolute atomic E-state index is 0.501. The van der Waals surface area contributed by atoms with E-state index in [1.165, 1.54) is 25.7 Å². The molecule has 0 aliphatic heterocycles. The number of nitrogens with zero attached hydrogens (tertiary/aromatic N) is 2. The van der Waals surface area contributed by atoms with Crippen LogP contribution in [0.5, 0.6) is 0 Å². The molecule has 2 unspecified atom stereocenters. The van der Waals surface area contributed by atoms with E-state index in [1.807, 2.05) is 11.7 Å². The SMILES string of the molecule is CCc1cc(C2(O)C3CCCCC32)n(C)n1. The van der Waals surface area contributed by atoms with Crippen LogP contribution in [0.2, 0.25) is 0 Å². The largest absolute Gasteiger partial charge is 0.383 e. The van der Waals surface area contributed by atoms with Gasteiger partial charge in [0.2, 0.25) is 0 Å². The smallest absolute Gasteiger partial charge is 0.112 e. The van der Waals surface area contributed by atoms with Gasteiger partial charge in [-0.25, -0.2) is 0 Å². The molecule has 1 aromatic rings. The number of hydrogen-bond donors (Lipinski definition) is 1. The number of hydrogen-bond acceptors (Lipinski definition) is 2. The molecule has 0 aromatic carbocycles. The Bertz CT molecular complexity index is 398. The van der Waals surface area contributed by atoms with Gasteiger partial charge in [-0.15, -0.1) is 0 Å². The predicted octanol–water partition coefficient (Wildman–Crippen LogP) is 1.99. The van der Waals surface area contributed by atoms with Crippen LogP contribution in [0.15, 0.2) is 6.07 Å². The fourth-order valence-corrected chi connectivity index (χ4v) is 3.55. The van der Waals surface area contributed by atoms with Crippen LogP contribution in [0.25, 0.3) is 0 Å². The van der Waals surface area contributed by atoms with E-state index < -0.39 is 5.60 Å². The summed E-state index contributed by atoms with van der Waals surface area (Å²) in [4.78, 5) is 0. The van der Waals surface area contributed by atoms with Crippen LogP contribution in [0.1, 0.15) is 44.0 Å². The molecule has 1 N–H and O–H groups in total. The van der Waals surface area contributed by atoms with Crippen LogP contribution < -0.4 is 0 Å². The molecule has 2 saturated carbocycles. The van der Waals surface area contributed by atoms with Gasteiger partial charge in [0.05, 0.1) is 11.4 Å². The van der Waals surface area contributed by atoms with Crippen LogP contribution in [0.3, 0.4) is 0 Å². The Morgan fingerprint density at radius 2 is 2.06 bits per heavy atom. The van der Waals surface area contributed by atoms with Gasteiger partial charge in [0.1, 0.15) is 5.60 Å². The van der Waals surface area contributed by atoms with E-state index in [0.717, 1.165) is 17.8 Å². The molecule has 0 radical (unpaired) electrons. The predicted molar refractivity (Wildman–Crippen MR) is 61.9 cm³/mol. The number of fused-ring (bicyclic) bond motifs is 1. The third-order valence-electron chi connectivity index (χ3n) is 4.49. The second-order valence-corrected chi connectivity index (χ2v) is 5.32. The van der Waals surface area contributed by atoms with Gasteiger partial charge in [0, 0.05) is 7.05 Å². The first-order chi connectivity index (χ1) is 7.67. The zero-order valence-corrected chi connectivity index (χ0v) is 10.1. The highest BCUT2D eigenvalue weighted by molar-refractivity contribution is 5.29. The van der Waals surface area contributed by atoms with Crippen molar-refractivity contribution in [3.8, 4) is 0 Å². The summed E-state index contributed by atoms with van der Waals surface area (Å²) < 4.78 is 1.89. The van der Waals surface area contributed by atoms with Gasteiger partial charge in [-0.05, 0) is 37.2 Å². The molecule has 2 aliphatic rings. The lowest BCUT2D eigenvalue weighted by atomic mass is 10.0. The molecule has 88 valence electrons. The van der Waals surface area contributed by atoms with Gasteiger partial charge < -0.3 is 5.11 Å². The van der Waals surface area contributed by atoms with Crippen molar-refractivity contribution in [1.82, 2.24) is 9.78 Å². The fourth-order valence-electron chi connectivity index (χ4n) is 3.55. The van der Waals surface area contributed by atoms with Crippen molar-refractivity contribution < 1.29 is 5.11 Å². The van der Waals surface area contributed by atoms with E-state index in [4.69, 9.17) is 0 Å². The van der Waals surface area contributed by atoms with Crippen molar-refractivity contribution in [3.63, 3.8) is 0 Å². The molecule has 0 bridgehead atoms. The monoisotopic (exact) mass is 220 g/mol. The molecule has 1 aromatic heterocycles. The van der Waals surface area contributed by atoms with E-state index in [2.05, 4.69) is 18.1 Å². The summed E-state index contributed by atoms with van der Waals surface area (Å²) in [5.41, 5.74) is 1.59. The van der Waals surface area contributed by atoms with Crippen LogP contribution >= 0.6 is 0 Å². The maximum absolute atomic E-state index is 10.8. The minimum Gasteiger partial charge on any atom is -0.383 e. The topological polar surface area (TPSA) is 38.0 Å². The van der Waals surface area contributed by atoms with Crippen molar-refractivity contribution in [2.24, 2.45) is 18.9 Å². The standard InChI is InChI=1S/C13H20N2O/c1-3-9-8-12(15(2)14-9)13(16)10-6-4-5-7-11(10)13/h8,10-11,16H,3-7H2,1-2H3. The zero-order chi connectivity index (χ0) is 11.3. The Hall–Kier alpha value is -0.830. The minimum atomic E-state index is -0.550. The van der Waals surface area contributed by atoms with E-state index in [1.54, 1.807) is 0 Å². The van der Waals surface area contributed by atoms with Crippen LogP contribution in [0, 0.1) is 11.8 Å². The first kappa shape index (κ1) is 10.3. The molecule has 16 heavy (non-hydrogen) atoms. The summed E-state index contributed by atoms with van der Waals surface area (Å²) in [6.07, 6.45) is 5.88. The number of aryl methyl sites for hydroxylation is 2. The summed E-state index contributed by atoms with van der Waals surface area (Å²) in [7, 11) is 1.96. The normalized spacial score (nSPS) is 37.2. The van der Waals surface area contributed by atoms with Gasteiger partial charge in [-0.3, -0.25) is 4.68 Å².